The maximum Gasteiger partial charge on any atom is 0.335 e. The average molecular weight is 286 g/mol. The van der Waals surface area contributed by atoms with Crippen molar-refractivity contribution in [3.63, 3.8) is 0 Å². The molecule has 0 bridgehead atoms. The number of hydrogen-bond acceptors (Lipinski definition) is 3. The van der Waals surface area contributed by atoms with Crippen molar-refractivity contribution >= 4 is 18.2 Å². The molecule has 2 rings (SSSR count). The molecule has 0 atom stereocenters. The van der Waals surface area contributed by atoms with Crippen LogP contribution in [0.25, 0.3) is 0 Å². The van der Waals surface area contributed by atoms with E-state index in [1.807, 2.05) is 6.92 Å². The highest BCUT2D eigenvalue weighted by Crippen LogP contribution is 2.02. The van der Waals surface area contributed by atoms with Gasteiger partial charge in [0.1, 0.15) is 6.29 Å². The van der Waals surface area contributed by atoms with Gasteiger partial charge in [-0.2, -0.15) is 0 Å². The minimum Gasteiger partial charge on any atom is -0.478 e. The fourth-order valence-electron chi connectivity index (χ4n) is 1.40. The molecule has 0 aliphatic carbocycles. The van der Waals surface area contributed by atoms with Gasteiger partial charge in [0.15, 0.2) is 0 Å². The van der Waals surface area contributed by atoms with Crippen LogP contribution in [-0.2, 0) is 0 Å². The summed E-state index contributed by atoms with van der Waals surface area (Å²) < 4.78 is 0. The van der Waals surface area contributed by atoms with Crippen LogP contribution in [0.4, 0.5) is 0 Å². The summed E-state index contributed by atoms with van der Waals surface area (Å²) in [6, 6.07) is 12.5. The molecule has 0 aliphatic rings. The van der Waals surface area contributed by atoms with E-state index in [9.17, 15) is 14.4 Å². The number of carbonyl (C=O) groups excluding carboxylic acids is 1. The van der Waals surface area contributed by atoms with E-state index in [0.717, 1.165) is 5.56 Å². The van der Waals surface area contributed by atoms with Crippen LogP contribution >= 0.6 is 0 Å². The summed E-state index contributed by atoms with van der Waals surface area (Å²) in [7, 11) is 0. The monoisotopic (exact) mass is 286 g/mol. The lowest BCUT2D eigenvalue weighted by molar-refractivity contribution is 0.0686. The molecule has 0 spiro atoms. The van der Waals surface area contributed by atoms with E-state index in [1.165, 1.54) is 24.3 Å². The van der Waals surface area contributed by atoms with Gasteiger partial charge in [-0.25, -0.2) is 9.59 Å². The minimum absolute atomic E-state index is 0.190. The molecule has 5 heteroatoms. The Hall–Kier alpha value is -2.95. The maximum atomic E-state index is 10.3. The quantitative estimate of drug-likeness (QED) is 0.846. The number of hydrogen-bond donors (Lipinski definition) is 2. The Morgan fingerprint density at radius 2 is 1.19 bits per heavy atom. The Bertz CT molecular complexity index is 627. The molecule has 0 fully saturated rings. The second-order valence-electron chi connectivity index (χ2n) is 4.22. The van der Waals surface area contributed by atoms with Gasteiger partial charge in [0.25, 0.3) is 0 Å². The third kappa shape index (κ3) is 5.28. The van der Waals surface area contributed by atoms with Crippen molar-refractivity contribution in [3.8, 4) is 0 Å². The smallest absolute Gasteiger partial charge is 0.335 e. The predicted octanol–water partition coefficient (Wildman–Crippen LogP) is 2.89. The van der Waals surface area contributed by atoms with Crippen LogP contribution in [0.5, 0.6) is 0 Å². The summed E-state index contributed by atoms with van der Waals surface area (Å²) in [6.07, 6.45) is 0.672. The first-order valence-electron chi connectivity index (χ1n) is 6.02. The number of carboxylic acids is 2. The molecule has 21 heavy (non-hydrogen) atoms. The third-order valence-corrected chi connectivity index (χ3v) is 2.59. The Morgan fingerprint density at radius 3 is 1.52 bits per heavy atom. The third-order valence-electron chi connectivity index (χ3n) is 2.59. The van der Waals surface area contributed by atoms with Crippen molar-refractivity contribution < 1.29 is 24.6 Å². The van der Waals surface area contributed by atoms with Gasteiger partial charge in [0.05, 0.1) is 11.1 Å². The summed E-state index contributed by atoms with van der Waals surface area (Å²) >= 11 is 0. The lowest BCUT2D eigenvalue weighted by atomic mass is 10.1. The number of aryl methyl sites for hydroxylation is 1. The number of aldehydes is 1. The van der Waals surface area contributed by atoms with Crippen molar-refractivity contribution in [1.29, 1.82) is 0 Å². The zero-order valence-corrected chi connectivity index (χ0v) is 11.3. The topological polar surface area (TPSA) is 91.7 Å². The van der Waals surface area contributed by atoms with Gasteiger partial charge in [0, 0.05) is 5.56 Å². The van der Waals surface area contributed by atoms with Crippen molar-refractivity contribution in [2.24, 2.45) is 0 Å². The van der Waals surface area contributed by atoms with Gasteiger partial charge in [-0.3, -0.25) is 4.79 Å². The molecule has 2 aromatic rings. The Morgan fingerprint density at radius 1 is 0.810 bits per heavy atom. The minimum atomic E-state index is -0.984. The van der Waals surface area contributed by atoms with Crippen LogP contribution in [0.3, 0.4) is 0 Å². The summed E-state index contributed by atoms with van der Waals surface area (Å²) in [5, 5.41) is 16.9. The number of rotatable bonds is 3. The second-order valence-corrected chi connectivity index (χ2v) is 4.22. The SMILES string of the molecule is Cc1ccc(C(=O)O)cc1.O=Cc1ccc(C(=O)O)cc1. The molecule has 108 valence electrons. The van der Waals surface area contributed by atoms with Gasteiger partial charge in [-0.05, 0) is 31.2 Å². The van der Waals surface area contributed by atoms with E-state index in [-0.39, 0.29) is 5.56 Å². The number of carboxylic acid groups (broad SMARTS) is 2. The molecule has 0 saturated heterocycles. The lowest BCUT2D eigenvalue weighted by Crippen LogP contribution is -1.95. The standard InChI is InChI=1S/C8H6O3.C8H8O2/c9-5-6-1-3-7(4-2-6)8(10)11;1-6-2-4-7(5-3-6)8(9)10/h1-5H,(H,10,11);2-5H,1H3,(H,9,10). The predicted molar refractivity (Wildman–Crippen MR) is 76.9 cm³/mol. The molecule has 5 nitrogen and oxygen atoms in total. The van der Waals surface area contributed by atoms with Crippen molar-refractivity contribution in [2.75, 3.05) is 0 Å². The van der Waals surface area contributed by atoms with E-state index in [1.54, 1.807) is 24.3 Å². The number of aromatic carboxylic acids is 2. The van der Waals surface area contributed by atoms with Crippen molar-refractivity contribution in [1.82, 2.24) is 0 Å². The molecular weight excluding hydrogens is 272 g/mol. The van der Waals surface area contributed by atoms with Crippen molar-refractivity contribution in [3.05, 3.63) is 70.8 Å². The Balaban J connectivity index is 0.000000211. The summed E-state index contributed by atoms with van der Waals surface area (Å²) in [5.41, 5.74) is 2.08. The summed E-state index contributed by atoms with van der Waals surface area (Å²) in [4.78, 5) is 30.8. The molecule has 0 heterocycles. The van der Waals surface area contributed by atoms with Crippen LogP contribution in [0.2, 0.25) is 0 Å². The Labute approximate surface area is 121 Å². The second kappa shape index (κ2) is 7.59. The first kappa shape index (κ1) is 16.1. The highest BCUT2D eigenvalue weighted by molar-refractivity contribution is 5.88. The van der Waals surface area contributed by atoms with Gasteiger partial charge in [-0.15, -0.1) is 0 Å². The van der Waals surface area contributed by atoms with Crippen molar-refractivity contribution in [2.45, 2.75) is 6.92 Å². The Kier molecular flexibility index (Phi) is 5.82. The molecule has 0 aliphatic heterocycles. The molecule has 2 aromatic carbocycles. The van der Waals surface area contributed by atoms with E-state index >= 15 is 0 Å². The average Bonchev–Trinajstić information content (AvgIpc) is 2.48. The maximum absolute atomic E-state index is 10.3. The highest BCUT2D eigenvalue weighted by Gasteiger charge is 2.00. The number of carbonyl (C=O) groups is 3. The van der Waals surface area contributed by atoms with Crippen LogP contribution in [0, 0.1) is 6.92 Å². The first-order valence-corrected chi connectivity index (χ1v) is 6.02. The molecule has 0 amide bonds. The van der Waals surface area contributed by atoms with E-state index in [0.29, 0.717) is 17.4 Å². The van der Waals surface area contributed by atoms with E-state index in [4.69, 9.17) is 10.2 Å². The summed E-state index contributed by atoms with van der Waals surface area (Å²) in [6.45, 7) is 1.92. The van der Waals surface area contributed by atoms with Gasteiger partial charge in [-0.1, -0.05) is 29.8 Å². The highest BCUT2D eigenvalue weighted by atomic mass is 16.4. The van der Waals surface area contributed by atoms with Crippen LogP contribution in [-0.4, -0.2) is 28.4 Å². The largest absolute Gasteiger partial charge is 0.478 e. The fourth-order valence-corrected chi connectivity index (χ4v) is 1.40. The van der Waals surface area contributed by atoms with Gasteiger partial charge < -0.3 is 10.2 Å². The van der Waals surface area contributed by atoms with Gasteiger partial charge in [0.2, 0.25) is 0 Å². The molecule has 0 radical (unpaired) electrons. The number of benzene rings is 2. The molecular formula is C16H14O5. The van der Waals surface area contributed by atoms with Crippen LogP contribution in [0.1, 0.15) is 36.6 Å². The van der Waals surface area contributed by atoms with Crippen LogP contribution < -0.4 is 0 Å². The van der Waals surface area contributed by atoms with Crippen LogP contribution in [0.15, 0.2) is 48.5 Å². The van der Waals surface area contributed by atoms with Gasteiger partial charge >= 0.3 is 11.9 Å². The molecule has 0 aromatic heterocycles. The molecule has 0 saturated carbocycles. The molecule has 2 N–H and O–H groups in total. The molecule has 0 unspecified atom stereocenters. The van der Waals surface area contributed by atoms with E-state index in [2.05, 4.69) is 0 Å². The normalized spacial score (nSPS) is 9.19. The lowest BCUT2D eigenvalue weighted by Gasteiger charge is -1.92. The fraction of sp³-hybridized carbons (Fsp3) is 0.0625. The first-order chi connectivity index (χ1) is 9.93. The summed E-state index contributed by atoms with van der Waals surface area (Å²) in [5.74, 6) is -1.86. The zero-order chi connectivity index (χ0) is 15.8. The van der Waals surface area contributed by atoms with E-state index < -0.39 is 11.9 Å². The zero-order valence-electron chi connectivity index (χ0n) is 11.3.